The molecule has 6 nitrogen and oxygen atoms in total. The van der Waals surface area contributed by atoms with Crippen LogP contribution in [0.4, 0.5) is 0 Å². The molecule has 2 aromatic heterocycles. The fourth-order valence-corrected chi connectivity index (χ4v) is 4.31. The predicted octanol–water partition coefficient (Wildman–Crippen LogP) is 6.86. The van der Waals surface area contributed by atoms with E-state index in [4.69, 9.17) is 9.72 Å². The smallest absolute Gasteiger partial charge is 0.253 e. The highest BCUT2D eigenvalue weighted by molar-refractivity contribution is 5.78. The summed E-state index contributed by atoms with van der Waals surface area (Å²) in [5, 5.41) is 0. The summed E-state index contributed by atoms with van der Waals surface area (Å²) < 4.78 is 6.95. The second-order valence-electron chi connectivity index (χ2n) is 9.40. The lowest BCUT2D eigenvalue weighted by atomic mass is 9.96. The van der Waals surface area contributed by atoms with Crippen molar-refractivity contribution in [2.75, 3.05) is 13.7 Å². The van der Waals surface area contributed by atoms with Crippen LogP contribution in [-0.2, 0) is 24.8 Å². The minimum Gasteiger partial charge on any atom is -0.497 e. The van der Waals surface area contributed by atoms with Crippen LogP contribution in [0.2, 0.25) is 0 Å². The van der Waals surface area contributed by atoms with Crippen molar-refractivity contribution in [2.45, 2.75) is 67.3 Å². The molecule has 0 spiro atoms. The average molecular weight is 517 g/mol. The van der Waals surface area contributed by atoms with Crippen molar-refractivity contribution in [1.82, 2.24) is 19.4 Å². The minimum absolute atomic E-state index is 0.0676. The molecule has 0 atom stereocenters. The van der Waals surface area contributed by atoms with Gasteiger partial charge in [0, 0.05) is 62.0 Å². The third-order valence-corrected chi connectivity index (χ3v) is 6.34. The summed E-state index contributed by atoms with van der Waals surface area (Å²) >= 11 is 0. The molecule has 6 heteroatoms. The van der Waals surface area contributed by atoms with Crippen molar-refractivity contribution in [3.8, 4) is 0 Å². The van der Waals surface area contributed by atoms with Crippen molar-refractivity contribution >= 4 is 11.6 Å². The van der Waals surface area contributed by atoms with Crippen molar-refractivity contribution in [1.29, 1.82) is 0 Å². The van der Waals surface area contributed by atoms with Crippen molar-refractivity contribution in [3.05, 3.63) is 105 Å². The molecule has 0 saturated carbocycles. The van der Waals surface area contributed by atoms with Gasteiger partial charge in [0.25, 0.3) is 5.56 Å². The van der Waals surface area contributed by atoms with Gasteiger partial charge in [-0.25, -0.2) is 4.98 Å². The first-order valence-corrected chi connectivity index (χ1v) is 13.4. The Morgan fingerprint density at radius 1 is 1.21 bits per heavy atom. The predicted molar refractivity (Wildman–Crippen MR) is 159 cm³/mol. The van der Waals surface area contributed by atoms with Crippen LogP contribution in [-0.4, -0.2) is 33.1 Å². The van der Waals surface area contributed by atoms with E-state index in [0.29, 0.717) is 11.6 Å². The maximum absolute atomic E-state index is 12.0. The van der Waals surface area contributed by atoms with Gasteiger partial charge in [-0.1, -0.05) is 52.0 Å². The Labute approximate surface area is 228 Å². The second kappa shape index (κ2) is 14.9. The zero-order chi connectivity index (χ0) is 28.2. The first-order chi connectivity index (χ1) is 18.2. The lowest BCUT2D eigenvalue weighted by Gasteiger charge is -2.33. The van der Waals surface area contributed by atoms with Gasteiger partial charge in [0.1, 0.15) is 11.6 Å². The molecule has 38 heavy (non-hydrogen) atoms. The topological polar surface area (TPSA) is 60.2 Å². The number of ether oxygens (including phenoxy) is 1. The highest BCUT2D eigenvalue weighted by atomic mass is 16.5. The van der Waals surface area contributed by atoms with Crippen LogP contribution in [0.5, 0.6) is 0 Å². The Morgan fingerprint density at radius 2 is 1.92 bits per heavy atom. The van der Waals surface area contributed by atoms with E-state index in [1.54, 1.807) is 24.9 Å². The van der Waals surface area contributed by atoms with E-state index < -0.39 is 0 Å². The van der Waals surface area contributed by atoms with E-state index >= 15 is 0 Å². The van der Waals surface area contributed by atoms with E-state index in [-0.39, 0.29) is 5.56 Å². The molecule has 1 aliphatic rings. The Hall–Kier alpha value is -3.67. The fourth-order valence-electron chi connectivity index (χ4n) is 4.31. The molecule has 0 unspecified atom stereocenters. The molecule has 3 rings (SSSR count). The zero-order valence-electron chi connectivity index (χ0n) is 24.5. The number of aromatic nitrogens is 3. The van der Waals surface area contributed by atoms with Gasteiger partial charge in [-0.05, 0) is 61.6 Å². The SMILES string of the molecule is C=C(OC)/C(C)=C(\C=C/C)c1cnc2c(c1)CN(C(=C\CC)/C(C)=C\c1nccc(=O)n1C)CC2.CCC. The van der Waals surface area contributed by atoms with Gasteiger partial charge in [0.05, 0.1) is 7.11 Å². The summed E-state index contributed by atoms with van der Waals surface area (Å²) in [7, 11) is 3.39. The Bertz CT molecular complexity index is 1290. The van der Waals surface area contributed by atoms with Crippen molar-refractivity contribution in [3.63, 3.8) is 0 Å². The van der Waals surface area contributed by atoms with Crippen LogP contribution in [0.25, 0.3) is 11.6 Å². The first kappa shape index (κ1) is 30.6. The molecular weight excluding hydrogens is 472 g/mol. The Kier molecular flexibility index (Phi) is 12.0. The van der Waals surface area contributed by atoms with Crippen molar-refractivity contribution < 1.29 is 4.74 Å². The third kappa shape index (κ3) is 7.67. The number of pyridine rings is 1. The Balaban J connectivity index is 0.00000161. The summed E-state index contributed by atoms with van der Waals surface area (Å²) in [6, 6.07) is 3.71. The van der Waals surface area contributed by atoms with Crippen molar-refractivity contribution in [2.24, 2.45) is 7.05 Å². The zero-order valence-corrected chi connectivity index (χ0v) is 24.5. The maximum Gasteiger partial charge on any atom is 0.253 e. The van der Waals surface area contributed by atoms with Crippen LogP contribution >= 0.6 is 0 Å². The van der Waals surface area contributed by atoms with Gasteiger partial charge >= 0.3 is 0 Å². The Morgan fingerprint density at radius 3 is 2.55 bits per heavy atom. The lowest BCUT2D eigenvalue weighted by molar-refractivity contribution is 0.303. The number of nitrogens with zero attached hydrogens (tertiary/aromatic N) is 4. The number of fused-ring (bicyclic) bond motifs is 1. The van der Waals surface area contributed by atoms with E-state index in [9.17, 15) is 4.79 Å². The number of hydrogen-bond donors (Lipinski definition) is 0. The number of hydrogen-bond acceptors (Lipinski definition) is 5. The lowest BCUT2D eigenvalue weighted by Crippen LogP contribution is -2.31. The summed E-state index contributed by atoms with van der Waals surface area (Å²) in [5.41, 5.74) is 7.63. The standard InChI is InChI=1S/C29H36N4O2.C3H8/c1-8-10-25(21(4)22(5)35-7)23-17-24-19-33(15-13-26(24)31-18-23)27(11-9-2)20(3)16-28-30-14-12-29(34)32(28)6;1-3-2/h8,10-12,14,16-18H,5,9,13,15,19H2,1-4,6-7H3;3H2,1-2H3/b10-8-,20-16-,25-21+,27-11-;. The molecule has 1 aliphatic heterocycles. The van der Waals surface area contributed by atoms with Crippen LogP contribution in [0, 0.1) is 0 Å². The molecule has 0 N–H and O–H groups in total. The highest BCUT2D eigenvalue weighted by Crippen LogP contribution is 2.30. The average Bonchev–Trinajstić information content (AvgIpc) is 2.91. The van der Waals surface area contributed by atoms with Gasteiger partial charge < -0.3 is 9.64 Å². The monoisotopic (exact) mass is 516 g/mol. The van der Waals surface area contributed by atoms with Gasteiger partial charge in [0.15, 0.2) is 0 Å². The second-order valence-corrected chi connectivity index (χ2v) is 9.40. The molecule has 0 fully saturated rings. The number of rotatable bonds is 8. The van der Waals surface area contributed by atoms with Gasteiger partial charge in [-0.15, -0.1) is 0 Å². The van der Waals surface area contributed by atoms with E-state index in [0.717, 1.165) is 59.6 Å². The van der Waals surface area contributed by atoms with E-state index in [2.05, 4.69) is 62.4 Å². The van der Waals surface area contributed by atoms with Gasteiger partial charge in [-0.3, -0.25) is 14.3 Å². The number of methoxy groups -OCH3 is 1. The van der Waals surface area contributed by atoms with E-state index in [1.807, 2.05) is 32.2 Å². The molecule has 2 aromatic rings. The van der Waals surface area contributed by atoms with Crippen LogP contribution in [0.15, 0.2) is 76.7 Å². The largest absolute Gasteiger partial charge is 0.497 e. The normalized spacial score (nSPS) is 14.5. The van der Waals surface area contributed by atoms with E-state index in [1.165, 1.54) is 18.1 Å². The molecular formula is C32H44N4O2. The minimum atomic E-state index is -0.0676. The van der Waals surface area contributed by atoms with Crippen LogP contribution < -0.4 is 5.56 Å². The van der Waals surface area contributed by atoms with Gasteiger partial charge in [0.2, 0.25) is 0 Å². The highest BCUT2D eigenvalue weighted by Gasteiger charge is 2.21. The van der Waals surface area contributed by atoms with Crippen LogP contribution in [0.1, 0.15) is 77.0 Å². The quantitative estimate of drug-likeness (QED) is 0.283. The molecule has 0 saturated heterocycles. The fraction of sp³-hybridized carbons (Fsp3) is 0.406. The summed E-state index contributed by atoms with van der Waals surface area (Å²) in [6.07, 6.45) is 14.9. The molecule has 3 heterocycles. The molecule has 0 aliphatic carbocycles. The third-order valence-electron chi connectivity index (χ3n) is 6.34. The van der Waals surface area contributed by atoms with Crippen LogP contribution in [0.3, 0.4) is 0 Å². The molecule has 204 valence electrons. The summed E-state index contributed by atoms with van der Waals surface area (Å²) in [6.45, 7) is 18.2. The maximum atomic E-state index is 12.0. The summed E-state index contributed by atoms with van der Waals surface area (Å²) in [4.78, 5) is 23.6. The molecule has 0 amide bonds. The molecule has 0 radical (unpaired) electrons. The van der Waals surface area contributed by atoms with Gasteiger partial charge in [-0.2, -0.15) is 0 Å². The summed E-state index contributed by atoms with van der Waals surface area (Å²) in [5.74, 6) is 1.30. The molecule has 0 aromatic carbocycles. The molecule has 0 bridgehead atoms. The first-order valence-electron chi connectivity index (χ1n) is 13.4. The number of allylic oxidation sites excluding steroid dienone is 6.